The molecule has 0 aliphatic heterocycles. The standard InChI is InChI=1S/C32H29N3O5/c1-3-38-30(36)32(16-17-32)27-13-11-25(12-14-27)24-7-9-26(10-8-24)29-28(21(2)35-40-29)34-31(37)39-18-15-22-5-4-6-23(19-22)20-33/h4-14,19H,3,15-18H2,1-2H3,(H,34,37). The molecular formula is C32H29N3O5. The van der Waals surface area contributed by atoms with E-state index in [0.717, 1.165) is 40.7 Å². The Morgan fingerprint density at radius 2 is 1.68 bits per heavy atom. The van der Waals surface area contributed by atoms with Gasteiger partial charge in [0.1, 0.15) is 11.4 Å². The van der Waals surface area contributed by atoms with Gasteiger partial charge in [0.25, 0.3) is 0 Å². The van der Waals surface area contributed by atoms with Crippen molar-refractivity contribution in [1.29, 1.82) is 5.26 Å². The highest BCUT2D eigenvalue weighted by Gasteiger charge is 2.52. The van der Waals surface area contributed by atoms with Crippen LogP contribution in [0.5, 0.6) is 0 Å². The third-order valence-electron chi connectivity index (χ3n) is 7.10. The molecule has 1 aliphatic rings. The Morgan fingerprint density at radius 1 is 1.00 bits per heavy atom. The van der Waals surface area contributed by atoms with Crippen molar-refractivity contribution in [3.8, 4) is 28.5 Å². The second-order valence-corrected chi connectivity index (χ2v) is 9.75. The Hall–Kier alpha value is -4.90. The lowest BCUT2D eigenvalue weighted by Crippen LogP contribution is -2.23. The maximum absolute atomic E-state index is 12.5. The first-order valence-electron chi connectivity index (χ1n) is 13.2. The van der Waals surface area contributed by atoms with Crippen molar-refractivity contribution >= 4 is 17.7 Å². The molecule has 5 rings (SSSR count). The van der Waals surface area contributed by atoms with Crippen LogP contribution in [0.15, 0.2) is 77.3 Å². The van der Waals surface area contributed by atoms with E-state index in [2.05, 4.69) is 16.5 Å². The first kappa shape index (κ1) is 26.7. The van der Waals surface area contributed by atoms with E-state index in [1.54, 1.807) is 25.1 Å². The number of amides is 1. The van der Waals surface area contributed by atoms with Gasteiger partial charge >= 0.3 is 12.1 Å². The molecule has 1 N–H and O–H groups in total. The van der Waals surface area contributed by atoms with Crippen LogP contribution in [0.25, 0.3) is 22.5 Å². The van der Waals surface area contributed by atoms with Gasteiger partial charge in [-0.05, 0) is 61.1 Å². The lowest BCUT2D eigenvalue weighted by Gasteiger charge is -2.14. The molecule has 0 radical (unpaired) electrons. The fourth-order valence-electron chi connectivity index (χ4n) is 4.71. The van der Waals surface area contributed by atoms with Gasteiger partial charge in [0.2, 0.25) is 0 Å². The van der Waals surface area contributed by atoms with E-state index in [1.807, 2.05) is 61.5 Å². The number of ether oxygens (including phenoxy) is 2. The molecule has 0 saturated heterocycles. The summed E-state index contributed by atoms with van der Waals surface area (Å²) in [5.74, 6) is 0.288. The number of esters is 1. The molecule has 1 aromatic heterocycles. The molecule has 1 amide bonds. The molecule has 8 heteroatoms. The quantitative estimate of drug-likeness (QED) is 0.241. The molecule has 0 spiro atoms. The average molecular weight is 536 g/mol. The number of hydrogen-bond acceptors (Lipinski definition) is 7. The smallest absolute Gasteiger partial charge is 0.411 e. The molecule has 0 bridgehead atoms. The first-order chi connectivity index (χ1) is 19.4. The SMILES string of the molecule is CCOC(=O)C1(c2ccc(-c3ccc(-c4onc(C)c4NC(=O)OCCc4cccc(C#N)c4)cc3)cc2)CC1. The largest absolute Gasteiger partial charge is 0.465 e. The van der Waals surface area contributed by atoms with Gasteiger partial charge in [-0.15, -0.1) is 0 Å². The van der Waals surface area contributed by atoms with E-state index in [9.17, 15) is 9.59 Å². The Balaban J connectivity index is 1.23. The summed E-state index contributed by atoms with van der Waals surface area (Å²) in [6, 6.07) is 25.1. The molecule has 0 unspecified atom stereocenters. The van der Waals surface area contributed by atoms with Crippen molar-refractivity contribution in [1.82, 2.24) is 5.16 Å². The summed E-state index contributed by atoms with van der Waals surface area (Å²) in [5, 5.41) is 15.8. The highest BCUT2D eigenvalue weighted by atomic mass is 16.5. The molecular weight excluding hydrogens is 506 g/mol. The van der Waals surface area contributed by atoms with Crippen LogP contribution in [0.1, 0.15) is 42.1 Å². The zero-order valence-electron chi connectivity index (χ0n) is 22.4. The number of nitriles is 1. The second-order valence-electron chi connectivity index (χ2n) is 9.75. The van der Waals surface area contributed by atoms with Gasteiger partial charge < -0.3 is 14.0 Å². The van der Waals surface area contributed by atoms with Crippen LogP contribution in [-0.4, -0.2) is 30.4 Å². The zero-order chi connectivity index (χ0) is 28.1. The predicted molar refractivity (Wildman–Crippen MR) is 149 cm³/mol. The normalized spacial score (nSPS) is 13.2. The summed E-state index contributed by atoms with van der Waals surface area (Å²) in [7, 11) is 0. The fraction of sp³-hybridized carbons (Fsp3) is 0.250. The van der Waals surface area contributed by atoms with Crippen molar-refractivity contribution in [2.75, 3.05) is 18.5 Å². The van der Waals surface area contributed by atoms with E-state index in [4.69, 9.17) is 19.3 Å². The molecule has 1 heterocycles. The van der Waals surface area contributed by atoms with Crippen molar-refractivity contribution in [3.63, 3.8) is 0 Å². The molecule has 8 nitrogen and oxygen atoms in total. The van der Waals surface area contributed by atoms with Crippen LogP contribution < -0.4 is 5.32 Å². The summed E-state index contributed by atoms with van der Waals surface area (Å²) in [6.45, 7) is 4.11. The molecule has 1 fully saturated rings. The minimum Gasteiger partial charge on any atom is -0.465 e. The summed E-state index contributed by atoms with van der Waals surface area (Å²) < 4.78 is 16.2. The molecule has 1 aliphatic carbocycles. The van der Waals surface area contributed by atoms with Gasteiger partial charge in [0.05, 0.1) is 30.3 Å². The van der Waals surface area contributed by atoms with Gasteiger partial charge in [-0.3, -0.25) is 10.1 Å². The number of aromatic nitrogens is 1. The zero-order valence-corrected chi connectivity index (χ0v) is 22.4. The minimum absolute atomic E-state index is 0.145. The number of rotatable bonds is 9. The highest BCUT2D eigenvalue weighted by molar-refractivity contribution is 5.91. The number of nitrogens with one attached hydrogen (secondary N) is 1. The monoisotopic (exact) mass is 535 g/mol. The molecule has 40 heavy (non-hydrogen) atoms. The van der Waals surface area contributed by atoms with Gasteiger partial charge in [-0.25, -0.2) is 4.79 Å². The Morgan fingerprint density at radius 3 is 2.33 bits per heavy atom. The van der Waals surface area contributed by atoms with Gasteiger partial charge in [-0.2, -0.15) is 5.26 Å². The molecule has 1 saturated carbocycles. The van der Waals surface area contributed by atoms with E-state index in [0.29, 0.717) is 35.7 Å². The Kier molecular flexibility index (Phi) is 7.65. The summed E-state index contributed by atoms with van der Waals surface area (Å²) in [4.78, 5) is 24.9. The van der Waals surface area contributed by atoms with Crippen LogP contribution >= 0.6 is 0 Å². The average Bonchev–Trinajstić information content (AvgIpc) is 3.72. The van der Waals surface area contributed by atoms with Gasteiger partial charge in [0.15, 0.2) is 5.76 Å². The first-order valence-corrected chi connectivity index (χ1v) is 13.2. The van der Waals surface area contributed by atoms with Gasteiger partial charge in [0, 0.05) is 12.0 Å². The Labute approximate surface area is 232 Å². The third kappa shape index (κ3) is 5.59. The molecule has 0 atom stereocenters. The van der Waals surface area contributed by atoms with E-state index >= 15 is 0 Å². The number of carbonyl (C=O) groups is 2. The van der Waals surface area contributed by atoms with Crippen LogP contribution in [0.4, 0.5) is 10.5 Å². The van der Waals surface area contributed by atoms with Crippen molar-refractivity contribution in [3.05, 3.63) is 95.2 Å². The van der Waals surface area contributed by atoms with E-state index in [-0.39, 0.29) is 12.6 Å². The van der Waals surface area contributed by atoms with Crippen molar-refractivity contribution < 1.29 is 23.6 Å². The summed E-state index contributed by atoms with van der Waals surface area (Å²) >= 11 is 0. The van der Waals surface area contributed by atoms with Crippen LogP contribution in [-0.2, 0) is 26.1 Å². The number of aryl methyl sites for hydroxylation is 1. The van der Waals surface area contributed by atoms with Crippen molar-refractivity contribution in [2.45, 2.75) is 38.5 Å². The fourth-order valence-corrected chi connectivity index (χ4v) is 4.71. The minimum atomic E-state index is -0.614. The lowest BCUT2D eigenvalue weighted by atomic mass is 9.93. The van der Waals surface area contributed by atoms with Gasteiger partial charge in [-0.1, -0.05) is 65.8 Å². The molecule has 202 valence electrons. The number of carbonyl (C=O) groups excluding carboxylic acids is 2. The number of hydrogen-bond donors (Lipinski definition) is 1. The molecule has 4 aromatic rings. The summed E-state index contributed by atoms with van der Waals surface area (Å²) in [5.41, 5.74) is 5.73. The van der Waals surface area contributed by atoms with Crippen LogP contribution in [0.3, 0.4) is 0 Å². The van der Waals surface area contributed by atoms with E-state index < -0.39 is 11.5 Å². The topological polar surface area (TPSA) is 114 Å². The van der Waals surface area contributed by atoms with Crippen molar-refractivity contribution in [2.24, 2.45) is 0 Å². The maximum Gasteiger partial charge on any atom is 0.411 e. The number of benzene rings is 3. The van der Waals surface area contributed by atoms with Crippen LogP contribution in [0, 0.1) is 18.3 Å². The molecule has 3 aromatic carbocycles. The van der Waals surface area contributed by atoms with E-state index in [1.165, 1.54) is 0 Å². The maximum atomic E-state index is 12.5. The Bertz CT molecular complexity index is 1560. The predicted octanol–water partition coefficient (Wildman–Crippen LogP) is 6.57. The second kappa shape index (κ2) is 11.5. The number of anilines is 1. The lowest BCUT2D eigenvalue weighted by molar-refractivity contribution is -0.146. The summed E-state index contributed by atoms with van der Waals surface area (Å²) in [6.07, 6.45) is 1.51. The number of nitrogens with zero attached hydrogens (tertiary/aromatic N) is 2. The van der Waals surface area contributed by atoms with Crippen LogP contribution in [0.2, 0.25) is 0 Å². The third-order valence-corrected chi connectivity index (χ3v) is 7.10. The highest BCUT2D eigenvalue weighted by Crippen LogP contribution is 2.49.